The average Bonchev–Trinajstić information content (AvgIpc) is 3.00. The lowest BCUT2D eigenvalue weighted by Crippen LogP contribution is -2.43. The number of carbonyl (C=O) groups is 1. The van der Waals surface area contributed by atoms with Gasteiger partial charge in [-0.2, -0.15) is 11.8 Å². The molecule has 0 aliphatic heterocycles. The molecule has 132 valence electrons. The molecule has 2 atom stereocenters. The van der Waals surface area contributed by atoms with Crippen LogP contribution in [0.25, 0.3) is 0 Å². The van der Waals surface area contributed by atoms with Gasteiger partial charge in [0.25, 0.3) is 0 Å². The molecule has 7 heteroatoms. The van der Waals surface area contributed by atoms with Crippen LogP contribution in [0.1, 0.15) is 26.2 Å². The Morgan fingerprint density at radius 3 is 2.92 bits per heavy atom. The molecule has 0 spiro atoms. The molecule has 1 fully saturated rings. The number of hydrogen-bond acceptors (Lipinski definition) is 3. The van der Waals surface area contributed by atoms with Gasteiger partial charge in [-0.25, -0.2) is 9.38 Å². The van der Waals surface area contributed by atoms with E-state index >= 15 is 0 Å². The van der Waals surface area contributed by atoms with Crippen molar-refractivity contribution in [1.29, 1.82) is 0 Å². The fourth-order valence-corrected chi connectivity index (χ4v) is 3.51. The number of guanidine groups is 1. The Morgan fingerprint density at radius 2 is 2.25 bits per heavy atom. The first kappa shape index (κ1) is 18.6. The number of nitrogens with one attached hydrogen (secondary N) is 3. The van der Waals surface area contributed by atoms with Crippen molar-refractivity contribution in [2.24, 2.45) is 4.99 Å². The number of aliphatic imine (C=N–C) groups is 1. The summed E-state index contributed by atoms with van der Waals surface area (Å²) in [4.78, 5) is 16.3. The molecule has 1 amide bonds. The highest BCUT2D eigenvalue weighted by Gasteiger charge is 2.24. The van der Waals surface area contributed by atoms with Crippen LogP contribution in [0, 0.1) is 5.82 Å². The van der Waals surface area contributed by atoms with Crippen molar-refractivity contribution in [1.82, 2.24) is 10.6 Å². The van der Waals surface area contributed by atoms with Crippen LogP contribution in [0.3, 0.4) is 0 Å². The van der Waals surface area contributed by atoms with Gasteiger partial charge in [0.1, 0.15) is 12.4 Å². The van der Waals surface area contributed by atoms with Crippen molar-refractivity contribution in [3.63, 3.8) is 0 Å². The van der Waals surface area contributed by atoms with Crippen LogP contribution >= 0.6 is 11.8 Å². The van der Waals surface area contributed by atoms with Crippen LogP contribution in [0.4, 0.5) is 10.1 Å². The van der Waals surface area contributed by atoms with Crippen LogP contribution in [-0.4, -0.2) is 42.5 Å². The molecule has 0 bridgehead atoms. The number of thioether (sulfide) groups is 1. The smallest absolute Gasteiger partial charge is 0.246 e. The zero-order valence-corrected chi connectivity index (χ0v) is 15.0. The van der Waals surface area contributed by atoms with E-state index in [1.807, 2.05) is 18.7 Å². The standard InChI is InChI=1S/C17H25FN4OS/c1-3-19-17(22-14-7-8-15(10-14)24-2)20-11-16(23)21-13-6-4-5-12(18)9-13/h4-6,9,14-15H,3,7-8,10-11H2,1-2H3,(H,21,23)(H2,19,20,22). The van der Waals surface area contributed by atoms with Gasteiger partial charge in [-0.15, -0.1) is 0 Å². The van der Waals surface area contributed by atoms with Gasteiger partial charge in [0.2, 0.25) is 5.91 Å². The number of carbonyl (C=O) groups excluding carboxylic acids is 1. The topological polar surface area (TPSA) is 65.5 Å². The summed E-state index contributed by atoms with van der Waals surface area (Å²) in [6, 6.07) is 6.22. The Kier molecular flexibility index (Phi) is 7.36. The number of amides is 1. The molecule has 0 radical (unpaired) electrons. The van der Waals surface area contributed by atoms with Crippen LogP contribution in [0.5, 0.6) is 0 Å². The number of nitrogens with zero attached hydrogens (tertiary/aromatic N) is 1. The van der Waals surface area contributed by atoms with E-state index in [1.165, 1.54) is 18.6 Å². The summed E-state index contributed by atoms with van der Waals surface area (Å²) < 4.78 is 13.1. The van der Waals surface area contributed by atoms with Gasteiger partial charge < -0.3 is 16.0 Å². The molecule has 2 unspecified atom stereocenters. The molecule has 0 aromatic heterocycles. The lowest BCUT2D eigenvalue weighted by Gasteiger charge is -2.17. The van der Waals surface area contributed by atoms with Crippen LogP contribution < -0.4 is 16.0 Å². The maximum atomic E-state index is 13.1. The Morgan fingerprint density at radius 1 is 1.42 bits per heavy atom. The second-order valence-electron chi connectivity index (χ2n) is 5.77. The molecular weight excluding hydrogens is 327 g/mol. The molecular formula is C17H25FN4OS. The predicted molar refractivity (Wildman–Crippen MR) is 99.1 cm³/mol. The lowest BCUT2D eigenvalue weighted by atomic mass is 10.2. The van der Waals surface area contributed by atoms with E-state index in [4.69, 9.17) is 0 Å². The molecule has 1 saturated carbocycles. The molecule has 3 N–H and O–H groups in total. The molecule has 24 heavy (non-hydrogen) atoms. The van der Waals surface area contributed by atoms with Crippen molar-refractivity contribution in [2.75, 3.05) is 24.7 Å². The molecule has 1 aromatic rings. The average molecular weight is 352 g/mol. The number of halogens is 1. The Hall–Kier alpha value is -1.76. The minimum atomic E-state index is -0.379. The van der Waals surface area contributed by atoms with E-state index in [2.05, 4.69) is 27.2 Å². The largest absolute Gasteiger partial charge is 0.357 e. The zero-order chi connectivity index (χ0) is 17.4. The summed E-state index contributed by atoms with van der Waals surface area (Å²) in [7, 11) is 0. The fourth-order valence-electron chi connectivity index (χ4n) is 2.72. The number of anilines is 1. The molecule has 1 aromatic carbocycles. The molecule has 0 heterocycles. The van der Waals surface area contributed by atoms with E-state index in [0.29, 0.717) is 22.9 Å². The first-order valence-corrected chi connectivity index (χ1v) is 9.52. The minimum absolute atomic E-state index is 0.00940. The zero-order valence-electron chi connectivity index (χ0n) is 14.1. The third kappa shape index (κ3) is 6.03. The summed E-state index contributed by atoms with van der Waals surface area (Å²) in [6.45, 7) is 2.71. The normalized spacial score (nSPS) is 20.7. The van der Waals surface area contributed by atoms with Crippen molar-refractivity contribution in [2.45, 2.75) is 37.5 Å². The minimum Gasteiger partial charge on any atom is -0.357 e. The SMILES string of the molecule is CCNC(=NCC(=O)Nc1cccc(F)c1)NC1CCC(SC)C1. The summed E-state index contributed by atoms with van der Waals surface area (Å²) in [6.07, 6.45) is 5.58. The monoisotopic (exact) mass is 352 g/mol. The van der Waals surface area contributed by atoms with Gasteiger partial charge in [0, 0.05) is 23.5 Å². The third-order valence-corrected chi connectivity index (χ3v) is 4.99. The second kappa shape index (κ2) is 9.52. The van der Waals surface area contributed by atoms with E-state index in [9.17, 15) is 9.18 Å². The third-order valence-electron chi connectivity index (χ3n) is 3.89. The van der Waals surface area contributed by atoms with Gasteiger partial charge in [-0.1, -0.05) is 6.07 Å². The summed E-state index contributed by atoms with van der Waals surface area (Å²) in [5.74, 6) is 0.000693. The van der Waals surface area contributed by atoms with Crippen molar-refractivity contribution < 1.29 is 9.18 Å². The van der Waals surface area contributed by atoms with Gasteiger partial charge in [-0.05, 0) is 50.6 Å². The van der Waals surface area contributed by atoms with Gasteiger partial charge in [0.05, 0.1) is 0 Å². The number of benzene rings is 1. The Labute approximate surface area is 146 Å². The van der Waals surface area contributed by atoms with E-state index in [-0.39, 0.29) is 18.3 Å². The van der Waals surface area contributed by atoms with Gasteiger partial charge in [-0.3, -0.25) is 4.79 Å². The van der Waals surface area contributed by atoms with Gasteiger partial charge in [0.15, 0.2) is 5.96 Å². The van der Waals surface area contributed by atoms with E-state index in [1.54, 1.807) is 12.1 Å². The highest BCUT2D eigenvalue weighted by Crippen LogP contribution is 2.27. The molecule has 0 saturated heterocycles. The van der Waals surface area contributed by atoms with Crippen molar-refractivity contribution in [3.8, 4) is 0 Å². The highest BCUT2D eigenvalue weighted by atomic mass is 32.2. The molecule has 5 nitrogen and oxygen atoms in total. The second-order valence-corrected chi connectivity index (χ2v) is 6.90. The van der Waals surface area contributed by atoms with E-state index in [0.717, 1.165) is 19.4 Å². The van der Waals surface area contributed by atoms with Crippen molar-refractivity contribution in [3.05, 3.63) is 30.1 Å². The summed E-state index contributed by atoms with van der Waals surface area (Å²) in [5.41, 5.74) is 0.437. The van der Waals surface area contributed by atoms with Crippen LogP contribution in [-0.2, 0) is 4.79 Å². The number of rotatable bonds is 6. The Balaban J connectivity index is 1.86. The summed E-state index contributed by atoms with van der Waals surface area (Å²) >= 11 is 1.90. The first-order valence-electron chi connectivity index (χ1n) is 8.23. The molecule has 1 aliphatic rings. The van der Waals surface area contributed by atoms with Crippen LogP contribution in [0.15, 0.2) is 29.3 Å². The lowest BCUT2D eigenvalue weighted by molar-refractivity contribution is -0.114. The molecule has 2 rings (SSSR count). The maximum Gasteiger partial charge on any atom is 0.246 e. The Bertz CT molecular complexity index is 581. The van der Waals surface area contributed by atoms with E-state index < -0.39 is 0 Å². The van der Waals surface area contributed by atoms with Crippen molar-refractivity contribution >= 4 is 29.3 Å². The highest BCUT2D eigenvalue weighted by molar-refractivity contribution is 7.99. The van der Waals surface area contributed by atoms with Crippen LogP contribution in [0.2, 0.25) is 0 Å². The predicted octanol–water partition coefficient (Wildman–Crippen LogP) is 2.60. The maximum absolute atomic E-state index is 13.1. The first-order chi connectivity index (χ1) is 11.6. The quantitative estimate of drug-likeness (QED) is 0.544. The fraction of sp³-hybridized carbons (Fsp3) is 0.529. The molecule has 1 aliphatic carbocycles. The summed E-state index contributed by atoms with van der Waals surface area (Å²) in [5, 5.41) is 9.90. The van der Waals surface area contributed by atoms with Gasteiger partial charge >= 0.3 is 0 Å². The number of hydrogen-bond donors (Lipinski definition) is 3.